The van der Waals surface area contributed by atoms with Gasteiger partial charge in [-0.2, -0.15) is 0 Å². The highest BCUT2D eigenvalue weighted by Gasteiger charge is 2.26. The zero-order valence-corrected chi connectivity index (χ0v) is 20.6. The minimum Gasteiger partial charge on any atom is -0.381 e. The minimum absolute atomic E-state index is 0.437. The average Bonchev–Trinajstić information content (AvgIpc) is 2.35. The summed E-state index contributed by atoms with van der Waals surface area (Å²) < 4.78 is 5.46. The zero-order chi connectivity index (χ0) is 20.9. The molecule has 0 radical (unpaired) electrons. The molecule has 0 aliphatic heterocycles. The van der Waals surface area contributed by atoms with Crippen LogP contribution in [0.25, 0.3) is 0 Å². The molecule has 1 nitrogen and oxygen atoms in total. The van der Waals surface area contributed by atoms with Gasteiger partial charge < -0.3 is 4.74 Å². The predicted octanol–water partition coefficient (Wildman–Crippen LogP) is 8.62. The standard InChI is InChI=1S/C10H22O.C8H18.C6H14/c1-9(2)5-7-11-8-6-10(3)4;1-7(2,3)8(4,5)6;1-5-6(2,3)4/h9-10H,5-8H2,1-4H3;1-6H3;5H2,1-4H3. The number of hydrogen-bond acceptors (Lipinski definition) is 1. The summed E-state index contributed by atoms with van der Waals surface area (Å²) in [6.07, 6.45) is 3.66. The van der Waals surface area contributed by atoms with Crippen molar-refractivity contribution in [2.45, 2.75) is 116 Å². The smallest absolute Gasteiger partial charge is 0.0468 e. The molecule has 0 bridgehead atoms. The molecule has 0 rings (SSSR count). The summed E-state index contributed by atoms with van der Waals surface area (Å²) in [6.45, 7) is 33.3. The van der Waals surface area contributed by atoms with Crippen LogP contribution in [0.15, 0.2) is 0 Å². The fourth-order valence-corrected chi connectivity index (χ4v) is 0.740. The van der Waals surface area contributed by atoms with E-state index in [0.717, 1.165) is 25.0 Å². The number of hydrogen-bond donors (Lipinski definition) is 0. The van der Waals surface area contributed by atoms with Crippen molar-refractivity contribution in [1.82, 2.24) is 0 Å². The van der Waals surface area contributed by atoms with Gasteiger partial charge in [0.2, 0.25) is 0 Å². The van der Waals surface area contributed by atoms with Crippen LogP contribution in [-0.2, 0) is 4.74 Å². The Labute approximate surface area is 162 Å². The van der Waals surface area contributed by atoms with Crippen molar-refractivity contribution in [1.29, 1.82) is 0 Å². The summed E-state index contributed by atoms with van der Waals surface area (Å²) >= 11 is 0. The van der Waals surface area contributed by atoms with Crippen LogP contribution in [0.2, 0.25) is 0 Å². The minimum atomic E-state index is 0.437. The molecule has 0 saturated carbocycles. The molecule has 0 spiro atoms. The lowest BCUT2D eigenvalue weighted by molar-refractivity contribution is 0.114. The van der Waals surface area contributed by atoms with Gasteiger partial charge in [-0.1, -0.05) is 103 Å². The SMILES string of the molecule is CC(C)(C)C(C)(C)C.CC(C)CCOCCC(C)C.CCC(C)(C)C. The lowest BCUT2D eigenvalue weighted by Crippen LogP contribution is -2.25. The van der Waals surface area contributed by atoms with Crippen molar-refractivity contribution < 1.29 is 4.74 Å². The van der Waals surface area contributed by atoms with E-state index in [9.17, 15) is 0 Å². The number of ether oxygens (including phenoxy) is 1. The molecule has 1 heteroatoms. The average molecular weight is 359 g/mol. The maximum absolute atomic E-state index is 5.46. The first kappa shape index (κ1) is 29.7. The monoisotopic (exact) mass is 358 g/mol. The molecular weight excluding hydrogens is 304 g/mol. The molecular formula is C24H54O. The zero-order valence-electron chi connectivity index (χ0n) is 20.6. The van der Waals surface area contributed by atoms with Crippen LogP contribution in [0, 0.1) is 28.1 Å². The van der Waals surface area contributed by atoms with Crippen molar-refractivity contribution in [3.05, 3.63) is 0 Å². The van der Waals surface area contributed by atoms with E-state index in [-0.39, 0.29) is 0 Å². The van der Waals surface area contributed by atoms with Crippen LogP contribution < -0.4 is 0 Å². The van der Waals surface area contributed by atoms with Gasteiger partial charge in [0, 0.05) is 13.2 Å². The molecule has 0 aromatic rings. The second kappa shape index (κ2) is 14.1. The predicted molar refractivity (Wildman–Crippen MR) is 118 cm³/mol. The molecule has 0 aliphatic rings. The highest BCUT2D eigenvalue weighted by Crippen LogP contribution is 2.36. The second-order valence-corrected chi connectivity index (χ2v) is 11.4. The molecule has 0 aromatic carbocycles. The Morgan fingerprint density at radius 1 is 0.600 bits per heavy atom. The molecule has 0 saturated heterocycles. The van der Waals surface area contributed by atoms with E-state index in [4.69, 9.17) is 4.74 Å². The molecule has 0 atom stereocenters. The molecule has 0 N–H and O–H groups in total. The third kappa shape index (κ3) is 29.0. The summed E-state index contributed by atoms with van der Waals surface area (Å²) in [5, 5.41) is 0. The highest BCUT2D eigenvalue weighted by molar-refractivity contribution is 4.77. The van der Waals surface area contributed by atoms with E-state index in [1.54, 1.807) is 0 Å². The Balaban J connectivity index is -0.000000306. The van der Waals surface area contributed by atoms with Gasteiger partial charge in [-0.3, -0.25) is 0 Å². The van der Waals surface area contributed by atoms with Gasteiger partial charge in [0.25, 0.3) is 0 Å². The van der Waals surface area contributed by atoms with Crippen molar-refractivity contribution in [3.63, 3.8) is 0 Å². The first-order chi connectivity index (χ1) is 10.9. The Kier molecular flexibility index (Phi) is 16.7. The first-order valence-corrected chi connectivity index (χ1v) is 10.5. The van der Waals surface area contributed by atoms with Crippen molar-refractivity contribution in [2.24, 2.45) is 28.1 Å². The van der Waals surface area contributed by atoms with E-state index in [0.29, 0.717) is 16.2 Å². The largest absolute Gasteiger partial charge is 0.381 e. The quantitative estimate of drug-likeness (QED) is 0.432. The maximum atomic E-state index is 5.46. The van der Waals surface area contributed by atoms with Crippen molar-refractivity contribution in [2.75, 3.05) is 13.2 Å². The molecule has 0 amide bonds. The van der Waals surface area contributed by atoms with Crippen LogP contribution >= 0.6 is 0 Å². The van der Waals surface area contributed by atoms with Crippen molar-refractivity contribution in [3.8, 4) is 0 Å². The second-order valence-electron chi connectivity index (χ2n) is 11.4. The van der Waals surface area contributed by atoms with Gasteiger partial charge in [-0.15, -0.1) is 0 Å². The van der Waals surface area contributed by atoms with Crippen LogP contribution in [0.1, 0.15) is 116 Å². The number of rotatable bonds is 6. The molecule has 25 heavy (non-hydrogen) atoms. The first-order valence-electron chi connectivity index (χ1n) is 10.5. The summed E-state index contributed by atoms with van der Waals surface area (Å²) in [5.41, 5.74) is 1.42. The normalized spacial score (nSPS) is 12.5. The van der Waals surface area contributed by atoms with E-state index in [1.165, 1.54) is 19.3 Å². The Morgan fingerprint density at radius 2 is 0.840 bits per heavy atom. The van der Waals surface area contributed by atoms with Crippen molar-refractivity contribution >= 4 is 0 Å². The van der Waals surface area contributed by atoms with Gasteiger partial charge in [0.15, 0.2) is 0 Å². The third-order valence-electron chi connectivity index (χ3n) is 4.99. The summed E-state index contributed by atoms with van der Waals surface area (Å²) in [6, 6.07) is 0. The van der Waals surface area contributed by atoms with Gasteiger partial charge in [-0.05, 0) is 40.9 Å². The summed E-state index contributed by atoms with van der Waals surface area (Å²) in [4.78, 5) is 0. The van der Waals surface area contributed by atoms with Gasteiger partial charge >= 0.3 is 0 Å². The lowest BCUT2D eigenvalue weighted by Gasteiger charge is -2.34. The Morgan fingerprint density at radius 3 is 0.960 bits per heavy atom. The highest BCUT2D eigenvalue weighted by atomic mass is 16.5. The fourth-order valence-electron chi connectivity index (χ4n) is 0.740. The molecule has 0 heterocycles. The third-order valence-corrected chi connectivity index (χ3v) is 4.99. The van der Waals surface area contributed by atoms with Crippen LogP contribution in [0.4, 0.5) is 0 Å². The molecule has 0 aliphatic carbocycles. The van der Waals surface area contributed by atoms with Gasteiger partial charge in [-0.25, -0.2) is 0 Å². The Bertz CT molecular complexity index is 246. The maximum Gasteiger partial charge on any atom is 0.0468 e. The molecule has 0 unspecified atom stereocenters. The van der Waals surface area contributed by atoms with Crippen LogP contribution in [0.3, 0.4) is 0 Å². The van der Waals surface area contributed by atoms with E-state index < -0.39 is 0 Å². The molecule has 0 fully saturated rings. The van der Waals surface area contributed by atoms with E-state index in [1.807, 2.05) is 0 Å². The summed E-state index contributed by atoms with van der Waals surface area (Å²) in [7, 11) is 0. The molecule has 156 valence electrons. The van der Waals surface area contributed by atoms with Gasteiger partial charge in [0.1, 0.15) is 0 Å². The van der Waals surface area contributed by atoms with E-state index >= 15 is 0 Å². The summed E-state index contributed by atoms with van der Waals surface area (Å²) in [5.74, 6) is 1.54. The Hall–Kier alpha value is -0.0400. The van der Waals surface area contributed by atoms with Crippen LogP contribution in [0.5, 0.6) is 0 Å². The van der Waals surface area contributed by atoms with Crippen LogP contribution in [-0.4, -0.2) is 13.2 Å². The van der Waals surface area contributed by atoms with Gasteiger partial charge in [0.05, 0.1) is 0 Å². The van der Waals surface area contributed by atoms with E-state index in [2.05, 4.69) is 96.9 Å². The lowest BCUT2D eigenvalue weighted by atomic mass is 9.71. The topological polar surface area (TPSA) is 9.23 Å². The molecule has 0 aromatic heterocycles. The fraction of sp³-hybridized carbons (Fsp3) is 1.00.